The average Bonchev–Trinajstić information content (AvgIpc) is 4.61. The number of halogens is 3. The van der Waals surface area contributed by atoms with E-state index in [4.69, 9.17) is 32.9 Å². The minimum atomic E-state index is -1.75. The van der Waals surface area contributed by atoms with Gasteiger partial charge >= 0.3 is 35.5 Å². The third-order valence-corrected chi connectivity index (χ3v) is 12.0. The molecule has 18 nitrogen and oxygen atoms in total. The van der Waals surface area contributed by atoms with Gasteiger partial charge in [-0.15, -0.1) is 10.2 Å². The minimum absolute atomic E-state index is 0. The molecule has 5 aromatic carbocycles. The zero-order valence-corrected chi connectivity index (χ0v) is 51.0. The monoisotopic (exact) mass is 1200 g/mol. The second-order valence-electron chi connectivity index (χ2n) is 18.8. The van der Waals surface area contributed by atoms with Gasteiger partial charge in [0.25, 0.3) is 0 Å². The number of carbonyl (C=O) groups excluding carboxylic acids is 1. The number of ether oxygens (including phenoxy) is 2. The third-order valence-electron chi connectivity index (χ3n) is 12.0. The van der Waals surface area contributed by atoms with Crippen molar-refractivity contribution >= 4 is 42.4 Å². The molecule has 0 saturated carbocycles. The van der Waals surface area contributed by atoms with E-state index in [9.17, 15) is 18.0 Å². The van der Waals surface area contributed by atoms with Crippen LogP contribution in [0.5, 0.6) is 11.5 Å². The maximum absolute atomic E-state index is 12.7. The molecule has 5 heterocycles. The van der Waals surface area contributed by atoms with E-state index in [1.54, 1.807) is 61.2 Å². The second kappa shape index (κ2) is 40.3. The fourth-order valence-electron chi connectivity index (χ4n) is 7.49. The van der Waals surface area contributed by atoms with Gasteiger partial charge in [-0.2, -0.15) is 0 Å². The number of oxazole rings is 3. The quantitative estimate of drug-likeness (QED) is 0.0364. The molecule has 0 unspecified atom stereocenters. The number of carbonyl (C=O) groups is 1. The Morgan fingerprint density at radius 3 is 1.37 bits per heavy atom. The molecule has 3 N–H and O–H groups in total. The first kappa shape index (κ1) is 70.5. The Morgan fingerprint density at radius 2 is 0.966 bits per heavy atom. The Hall–Kier alpha value is -8.99. The van der Waals surface area contributed by atoms with Crippen molar-refractivity contribution in [2.45, 2.75) is 92.2 Å². The van der Waals surface area contributed by atoms with Crippen LogP contribution in [0, 0.1) is 19.7 Å². The van der Waals surface area contributed by atoms with Crippen LogP contribution in [0.3, 0.4) is 0 Å². The summed E-state index contributed by atoms with van der Waals surface area (Å²) in [5, 5.41) is 33.4. The number of alkyl halides is 2. The number of unbranched alkanes of at least 4 members (excludes halogenated alkanes) is 2. The molecule has 5 aromatic heterocycles. The third kappa shape index (κ3) is 28.6. The summed E-state index contributed by atoms with van der Waals surface area (Å²) < 4.78 is 62.1. The normalized spacial score (nSPS) is 10.6. The summed E-state index contributed by atoms with van der Waals surface area (Å²) in [5.74, 6) is 1.97. The average molecular weight is 1200 g/mol. The van der Waals surface area contributed by atoms with Crippen molar-refractivity contribution in [1.82, 2.24) is 44.9 Å². The van der Waals surface area contributed by atoms with Gasteiger partial charge in [0.15, 0.2) is 0 Å². The van der Waals surface area contributed by atoms with E-state index in [0.29, 0.717) is 41.4 Å². The number of hydrogen-bond donors (Lipinski definition) is 2. The van der Waals surface area contributed by atoms with Gasteiger partial charge in [0, 0.05) is 50.6 Å². The SMILES string of the molecule is CC(=O)OCc1coc(/C=C/c2ccc(F)cc2)n1.Cc1ccc(/C=C/c2nc(CO)co2)cc1.Cc1ccc(/C=C/c2nc(COc3ccc(CCCCn4ccnn4)cc3)co2)cc1.FCF.Oc1ccc(CCCCn2ccnn2)cc1.[Na+].[OH-]. The summed E-state index contributed by atoms with van der Waals surface area (Å²) in [5.41, 5.74) is 9.92. The topological polar surface area (TPSA) is 246 Å². The molecule has 87 heavy (non-hydrogen) atoms. The van der Waals surface area contributed by atoms with E-state index in [1.165, 1.54) is 53.8 Å². The molecule has 0 aliphatic heterocycles. The van der Waals surface area contributed by atoms with Gasteiger partial charge in [-0.1, -0.05) is 106 Å². The number of rotatable bonds is 22. The summed E-state index contributed by atoms with van der Waals surface area (Å²) >= 11 is 0. The van der Waals surface area contributed by atoms with Gasteiger partial charge in [-0.25, -0.2) is 28.1 Å². The van der Waals surface area contributed by atoms with Crippen molar-refractivity contribution in [3.05, 3.63) is 244 Å². The van der Waals surface area contributed by atoms with E-state index >= 15 is 0 Å². The van der Waals surface area contributed by atoms with Crippen molar-refractivity contribution in [2.24, 2.45) is 0 Å². The van der Waals surface area contributed by atoms with E-state index in [2.05, 4.69) is 85.8 Å². The zero-order valence-electron chi connectivity index (χ0n) is 49.0. The number of nitrogens with zero attached hydrogens (tertiary/aromatic N) is 9. The predicted octanol–water partition coefficient (Wildman–Crippen LogP) is 10.8. The van der Waals surface area contributed by atoms with Crippen molar-refractivity contribution in [3.63, 3.8) is 0 Å². The van der Waals surface area contributed by atoms with Crippen LogP contribution in [0.1, 0.15) is 106 Å². The van der Waals surface area contributed by atoms with Crippen LogP contribution in [0.25, 0.3) is 36.5 Å². The Labute approximate surface area is 525 Å². The number of aromatic hydroxyl groups is 1. The number of aliphatic hydroxyl groups excluding tert-OH is 1. The van der Waals surface area contributed by atoms with E-state index in [0.717, 1.165) is 79.7 Å². The Morgan fingerprint density at radius 1 is 0.563 bits per heavy atom. The van der Waals surface area contributed by atoms with Gasteiger partial charge in [-0.3, -0.25) is 14.2 Å². The van der Waals surface area contributed by atoms with Gasteiger partial charge in [0.2, 0.25) is 24.6 Å². The van der Waals surface area contributed by atoms with Crippen LogP contribution in [0.4, 0.5) is 13.2 Å². The number of phenolic OH excluding ortho intramolecular Hbond substituents is 1. The molecule has 0 amide bonds. The zero-order chi connectivity index (χ0) is 60.3. The molecule has 0 spiro atoms. The Balaban J connectivity index is 0.000000253. The Kier molecular flexibility index (Phi) is 32.7. The fourth-order valence-corrected chi connectivity index (χ4v) is 7.49. The van der Waals surface area contributed by atoms with Gasteiger partial charge in [0.1, 0.15) is 66.4 Å². The molecule has 0 bridgehead atoms. The van der Waals surface area contributed by atoms with Crippen LogP contribution in [0.15, 0.2) is 178 Å². The number of aryl methyl sites for hydroxylation is 6. The van der Waals surface area contributed by atoms with Crippen LogP contribution in [-0.2, 0) is 55.3 Å². The first-order valence-electron chi connectivity index (χ1n) is 27.2. The molecular formula is C65H69F3N9NaO9. The van der Waals surface area contributed by atoms with Crippen LogP contribution in [0.2, 0.25) is 0 Å². The van der Waals surface area contributed by atoms with Crippen LogP contribution < -0.4 is 34.3 Å². The number of aliphatic hydroxyl groups is 1. The minimum Gasteiger partial charge on any atom is -0.870 e. The van der Waals surface area contributed by atoms with E-state index < -0.39 is 6.93 Å². The van der Waals surface area contributed by atoms with Gasteiger partial charge in [-0.05, 0) is 135 Å². The number of phenols is 1. The smallest absolute Gasteiger partial charge is 0.870 e. The summed E-state index contributed by atoms with van der Waals surface area (Å²) in [6, 6.07) is 38.1. The van der Waals surface area contributed by atoms with Crippen molar-refractivity contribution < 1.29 is 85.9 Å². The summed E-state index contributed by atoms with van der Waals surface area (Å²) in [6.45, 7) is 5.89. The molecule has 0 aliphatic carbocycles. The van der Waals surface area contributed by atoms with Gasteiger partial charge in [0.05, 0.1) is 19.0 Å². The van der Waals surface area contributed by atoms with E-state index in [1.807, 2.05) is 88.5 Å². The summed E-state index contributed by atoms with van der Waals surface area (Å²) in [7, 11) is 0. The fraction of sp³-hybridized carbons (Fsp3) is 0.231. The molecule has 0 aliphatic rings. The molecule has 0 radical (unpaired) electrons. The maximum Gasteiger partial charge on any atom is 1.00 e. The van der Waals surface area contributed by atoms with Gasteiger partial charge < -0.3 is 38.4 Å². The summed E-state index contributed by atoms with van der Waals surface area (Å²) in [4.78, 5) is 23.3. The molecule has 10 aromatic rings. The van der Waals surface area contributed by atoms with E-state index in [-0.39, 0.29) is 60.0 Å². The number of benzene rings is 5. The van der Waals surface area contributed by atoms with Crippen LogP contribution in [-0.4, -0.2) is 73.5 Å². The van der Waals surface area contributed by atoms with Crippen LogP contribution >= 0.6 is 0 Å². The summed E-state index contributed by atoms with van der Waals surface area (Å²) in [6.07, 6.45) is 29.1. The largest absolute Gasteiger partial charge is 1.00 e. The molecule has 10 rings (SSSR count). The standard InChI is InChI=1S/C25H26N4O2.C14H12FNO3.C13H13NO2.C12H15N3O.CH2F2.Na.H2O/c1-20-5-7-22(8-6-20)11-14-25-27-23(19-31-25)18-30-24-12-9-21(10-13-24)4-2-3-16-29-17-15-26-28-29;1-10(17)18-8-13-9-19-14(16-13)7-4-11-2-5-12(15)6-3-11;1-10-2-4-11(5-3-10)6-7-13-14-12(8-15)9-16-13;16-12-6-4-11(5-7-12)3-1-2-9-15-10-8-13-14-15;2-1-3;;/h5-15,17,19H,2-4,16,18H2,1H3;2-7,9H,8H2,1H3;2-7,9,15H,8H2,1H3;4-8,10,16H,1-3,9H2;1H2;;1H2/q;;;;;+1;/p-1/b14-11+;7-4+;7-6+;;;;. The molecule has 0 atom stereocenters. The molecule has 0 saturated heterocycles. The first-order valence-corrected chi connectivity index (χ1v) is 27.2. The van der Waals surface area contributed by atoms with Crippen molar-refractivity contribution in [1.29, 1.82) is 0 Å². The Bertz CT molecular complexity index is 3500. The predicted molar refractivity (Wildman–Crippen MR) is 320 cm³/mol. The maximum atomic E-state index is 12.7. The number of esters is 1. The molecule has 0 fully saturated rings. The molecule has 450 valence electrons. The molecule has 22 heteroatoms. The first-order chi connectivity index (χ1) is 41.4. The molecular weight excluding hydrogens is 1130 g/mol. The second-order valence-corrected chi connectivity index (χ2v) is 18.8. The van der Waals surface area contributed by atoms with Crippen molar-refractivity contribution in [3.8, 4) is 11.5 Å². The number of aromatic nitrogens is 9. The van der Waals surface area contributed by atoms with Crippen molar-refractivity contribution in [2.75, 3.05) is 6.93 Å². The number of hydrogen-bond acceptors (Lipinski definition) is 16.